The first-order valence-electron chi connectivity index (χ1n) is 23.4. The lowest BCUT2D eigenvalue weighted by molar-refractivity contribution is -0.161. The number of carbonyl (C=O) groups is 3. The number of phosphoric acid groups is 1. The highest BCUT2D eigenvalue weighted by Crippen LogP contribution is 2.43. The molecule has 4 N–H and O–H groups in total. The molecule has 340 valence electrons. The fourth-order valence-corrected chi connectivity index (χ4v) is 7.29. The van der Waals surface area contributed by atoms with Crippen molar-refractivity contribution in [3.8, 4) is 0 Å². The van der Waals surface area contributed by atoms with Crippen LogP contribution in [-0.2, 0) is 37.5 Å². The van der Waals surface area contributed by atoms with E-state index in [4.69, 9.17) is 24.8 Å². The van der Waals surface area contributed by atoms with Crippen molar-refractivity contribution in [2.45, 2.75) is 231 Å². The standard InChI is InChI=1S/C46H86NO10P/c1-3-5-7-9-11-13-15-17-19-20-21-22-24-26-28-30-32-34-36-38-45(49)57-42(40-55-58(52,53)56-41-43(47)46(50)51)39-54-44(48)37-35-33-31-29-27-25-23-18-16-14-12-10-8-6-4-2/h11,13,17,19,42-43H,3-10,12,14-16,18,20-41,47H2,1-2H3,(H,50,51)(H,52,53)/b13-11+,19-17+/t42-,43+/m1/s1. The molecule has 3 atom stereocenters. The van der Waals surface area contributed by atoms with E-state index in [-0.39, 0.29) is 19.4 Å². The number of allylic oxidation sites excluding steroid dienone is 4. The van der Waals surface area contributed by atoms with E-state index in [1.165, 1.54) is 128 Å². The van der Waals surface area contributed by atoms with E-state index in [0.29, 0.717) is 12.8 Å². The quantitative estimate of drug-likeness (QED) is 0.0231. The zero-order valence-corrected chi connectivity index (χ0v) is 37.8. The topological polar surface area (TPSA) is 172 Å². The summed E-state index contributed by atoms with van der Waals surface area (Å²) in [5.74, 6) is -2.37. The number of phosphoric ester groups is 1. The van der Waals surface area contributed by atoms with Gasteiger partial charge in [0.05, 0.1) is 13.2 Å². The van der Waals surface area contributed by atoms with Gasteiger partial charge in [-0.25, -0.2) is 4.57 Å². The third kappa shape index (κ3) is 40.7. The minimum atomic E-state index is -4.72. The number of carboxylic acid groups (broad SMARTS) is 1. The summed E-state index contributed by atoms with van der Waals surface area (Å²) in [4.78, 5) is 46.0. The zero-order chi connectivity index (χ0) is 42.8. The number of hydrogen-bond acceptors (Lipinski definition) is 9. The van der Waals surface area contributed by atoms with Crippen molar-refractivity contribution >= 4 is 25.7 Å². The summed E-state index contributed by atoms with van der Waals surface area (Å²) in [6.07, 6.45) is 43.7. The first-order valence-corrected chi connectivity index (χ1v) is 24.9. The summed E-state index contributed by atoms with van der Waals surface area (Å²) in [5, 5.41) is 8.90. The van der Waals surface area contributed by atoms with Crippen LogP contribution in [0.3, 0.4) is 0 Å². The Balaban J connectivity index is 4.30. The summed E-state index contributed by atoms with van der Waals surface area (Å²) in [6.45, 7) is 2.80. The van der Waals surface area contributed by atoms with Gasteiger partial charge >= 0.3 is 25.7 Å². The summed E-state index contributed by atoms with van der Waals surface area (Å²) in [6, 6.07) is -1.52. The number of hydrogen-bond donors (Lipinski definition) is 3. The molecular weight excluding hydrogens is 757 g/mol. The Morgan fingerprint density at radius 2 is 0.914 bits per heavy atom. The maximum Gasteiger partial charge on any atom is 0.472 e. The van der Waals surface area contributed by atoms with Gasteiger partial charge in [-0.1, -0.05) is 186 Å². The molecule has 0 aliphatic rings. The lowest BCUT2D eigenvalue weighted by atomic mass is 10.0. The van der Waals surface area contributed by atoms with Crippen molar-refractivity contribution in [1.82, 2.24) is 0 Å². The molecule has 0 bridgehead atoms. The van der Waals surface area contributed by atoms with Crippen molar-refractivity contribution in [1.29, 1.82) is 0 Å². The lowest BCUT2D eigenvalue weighted by Gasteiger charge is -2.20. The highest BCUT2D eigenvalue weighted by Gasteiger charge is 2.28. The van der Waals surface area contributed by atoms with Crippen molar-refractivity contribution < 1.29 is 47.5 Å². The average Bonchev–Trinajstić information content (AvgIpc) is 3.20. The van der Waals surface area contributed by atoms with E-state index in [0.717, 1.165) is 51.4 Å². The van der Waals surface area contributed by atoms with Gasteiger partial charge in [0.1, 0.15) is 12.6 Å². The number of esters is 2. The first kappa shape index (κ1) is 56.0. The van der Waals surface area contributed by atoms with E-state index in [2.05, 4.69) is 42.7 Å². The van der Waals surface area contributed by atoms with Gasteiger partial charge in [0.2, 0.25) is 0 Å². The van der Waals surface area contributed by atoms with Crippen LogP contribution in [0, 0.1) is 0 Å². The summed E-state index contributed by atoms with van der Waals surface area (Å²) < 4.78 is 32.8. The Morgan fingerprint density at radius 3 is 1.38 bits per heavy atom. The van der Waals surface area contributed by atoms with Crippen LogP contribution in [0.5, 0.6) is 0 Å². The number of aliphatic carboxylic acids is 1. The van der Waals surface area contributed by atoms with Crippen molar-refractivity contribution in [3.05, 3.63) is 24.3 Å². The normalized spacial score (nSPS) is 13.9. The lowest BCUT2D eigenvalue weighted by Crippen LogP contribution is -2.34. The highest BCUT2D eigenvalue weighted by molar-refractivity contribution is 7.47. The van der Waals surface area contributed by atoms with Gasteiger partial charge in [-0.15, -0.1) is 0 Å². The summed E-state index contributed by atoms with van der Waals surface area (Å²) in [7, 11) is -4.72. The Hall–Kier alpha value is -2.04. The summed E-state index contributed by atoms with van der Waals surface area (Å²) in [5.41, 5.74) is 5.34. The second-order valence-corrected chi connectivity index (χ2v) is 17.3. The zero-order valence-electron chi connectivity index (χ0n) is 36.9. The molecule has 0 aromatic heterocycles. The number of carboxylic acids is 1. The van der Waals surface area contributed by atoms with Gasteiger partial charge in [-0.2, -0.15) is 0 Å². The van der Waals surface area contributed by atoms with Crippen LogP contribution >= 0.6 is 7.82 Å². The van der Waals surface area contributed by atoms with E-state index in [1.807, 2.05) is 0 Å². The molecule has 1 unspecified atom stereocenters. The summed E-state index contributed by atoms with van der Waals surface area (Å²) >= 11 is 0. The van der Waals surface area contributed by atoms with Gasteiger partial charge in [-0.05, 0) is 44.9 Å². The van der Waals surface area contributed by atoms with E-state index >= 15 is 0 Å². The predicted molar refractivity (Wildman–Crippen MR) is 236 cm³/mol. The molecule has 0 rings (SSSR count). The third-order valence-electron chi connectivity index (χ3n) is 10.2. The second-order valence-electron chi connectivity index (χ2n) is 15.9. The molecule has 0 aliphatic heterocycles. The van der Waals surface area contributed by atoms with Crippen molar-refractivity contribution in [3.63, 3.8) is 0 Å². The van der Waals surface area contributed by atoms with Crippen molar-refractivity contribution in [2.24, 2.45) is 5.73 Å². The molecular formula is C46H86NO10P. The van der Waals surface area contributed by atoms with Crippen molar-refractivity contribution in [2.75, 3.05) is 19.8 Å². The number of nitrogens with two attached hydrogens (primary N) is 1. The Labute approximate surface area is 353 Å². The molecule has 0 aromatic rings. The maximum absolute atomic E-state index is 12.7. The molecule has 0 spiro atoms. The molecule has 58 heavy (non-hydrogen) atoms. The van der Waals surface area contributed by atoms with Crippen LogP contribution in [-0.4, -0.2) is 59.9 Å². The number of ether oxygens (including phenoxy) is 2. The van der Waals surface area contributed by atoms with Crippen LogP contribution in [0.15, 0.2) is 24.3 Å². The molecule has 11 nitrogen and oxygen atoms in total. The van der Waals surface area contributed by atoms with E-state index < -0.39 is 51.1 Å². The second kappa shape index (κ2) is 41.7. The fourth-order valence-electron chi connectivity index (χ4n) is 6.51. The molecule has 0 fully saturated rings. The molecule has 0 amide bonds. The van der Waals surface area contributed by atoms with Gasteiger partial charge in [0, 0.05) is 12.8 Å². The van der Waals surface area contributed by atoms with Crippen LogP contribution in [0.25, 0.3) is 0 Å². The molecule has 0 radical (unpaired) electrons. The van der Waals surface area contributed by atoms with Gasteiger partial charge in [-0.3, -0.25) is 23.4 Å². The first-order chi connectivity index (χ1) is 28.1. The monoisotopic (exact) mass is 844 g/mol. The molecule has 0 saturated heterocycles. The van der Waals surface area contributed by atoms with Crippen LogP contribution in [0.4, 0.5) is 0 Å². The Kier molecular flexibility index (Phi) is 40.2. The Morgan fingerprint density at radius 1 is 0.534 bits per heavy atom. The third-order valence-corrected chi connectivity index (χ3v) is 11.2. The highest BCUT2D eigenvalue weighted by atomic mass is 31.2. The molecule has 0 saturated carbocycles. The smallest absolute Gasteiger partial charge is 0.472 e. The molecule has 0 aliphatic carbocycles. The van der Waals surface area contributed by atoms with Gasteiger partial charge < -0.3 is 25.2 Å². The van der Waals surface area contributed by atoms with Crippen LogP contribution in [0.2, 0.25) is 0 Å². The predicted octanol–water partition coefficient (Wildman–Crippen LogP) is 12.6. The van der Waals surface area contributed by atoms with Crippen LogP contribution < -0.4 is 5.73 Å². The molecule has 0 aromatic carbocycles. The maximum atomic E-state index is 12.7. The number of carbonyl (C=O) groups excluding carboxylic acids is 2. The van der Waals surface area contributed by atoms with Gasteiger partial charge in [0.15, 0.2) is 6.10 Å². The number of unbranched alkanes of at least 4 members (excludes halogenated alkanes) is 26. The SMILES string of the molecule is CCCCC/C=C/C/C=C/CCCCCCCCCCCC(=O)O[C@H](COC(=O)CCCCCCCCCCCCCCCCC)COP(=O)(O)OC[C@H](N)C(=O)O. The number of rotatable bonds is 44. The van der Waals surface area contributed by atoms with E-state index in [9.17, 15) is 23.8 Å². The minimum absolute atomic E-state index is 0.159. The Bertz CT molecular complexity index is 1080. The molecule has 0 heterocycles. The largest absolute Gasteiger partial charge is 0.480 e. The fraction of sp³-hybridized carbons (Fsp3) is 0.848. The van der Waals surface area contributed by atoms with E-state index in [1.54, 1.807) is 0 Å². The van der Waals surface area contributed by atoms with Crippen LogP contribution in [0.1, 0.15) is 219 Å². The minimum Gasteiger partial charge on any atom is -0.480 e. The van der Waals surface area contributed by atoms with Gasteiger partial charge in [0.25, 0.3) is 0 Å². The average molecular weight is 844 g/mol. The molecule has 12 heteroatoms.